The Labute approximate surface area is 181 Å². The number of benzene rings is 2. The molecule has 0 atom stereocenters. The molecule has 1 amide bonds. The molecule has 1 N–H and O–H groups in total. The van der Waals surface area contributed by atoms with Crippen molar-refractivity contribution in [3.05, 3.63) is 54.6 Å². The van der Waals surface area contributed by atoms with Crippen LogP contribution in [0.25, 0.3) is 5.69 Å². The minimum Gasteiger partial charge on any atom is -0.493 e. The molecule has 0 saturated carbocycles. The number of carbonyl (C=O) groups is 1. The van der Waals surface area contributed by atoms with E-state index in [2.05, 4.69) is 24.9 Å². The first-order chi connectivity index (χ1) is 15.4. The van der Waals surface area contributed by atoms with Gasteiger partial charge in [0.05, 0.1) is 18.5 Å². The van der Waals surface area contributed by atoms with E-state index in [-0.39, 0.29) is 28.4 Å². The number of nitrogens with one attached hydrogen (secondary N) is 1. The zero-order valence-electron chi connectivity index (χ0n) is 16.6. The van der Waals surface area contributed by atoms with E-state index >= 15 is 0 Å². The van der Waals surface area contributed by atoms with Crippen molar-refractivity contribution in [1.82, 2.24) is 14.8 Å². The minimum absolute atomic E-state index is 0.0714. The fourth-order valence-electron chi connectivity index (χ4n) is 2.63. The molecule has 0 aliphatic carbocycles. The lowest BCUT2D eigenvalue weighted by Gasteiger charge is -2.16. The van der Waals surface area contributed by atoms with Gasteiger partial charge in [0, 0.05) is 11.6 Å². The Morgan fingerprint density at radius 3 is 2.42 bits per heavy atom. The first-order valence-corrected chi connectivity index (χ1v) is 8.89. The van der Waals surface area contributed by atoms with Crippen LogP contribution in [-0.2, 0) is 0 Å². The van der Waals surface area contributed by atoms with E-state index < -0.39 is 30.8 Å². The fourth-order valence-corrected chi connectivity index (χ4v) is 2.63. The van der Waals surface area contributed by atoms with Gasteiger partial charge in [0.15, 0.2) is 18.1 Å². The second-order valence-electron chi connectivity index (χ2n) is 6.29. The normalized spacial score (nSPS) is 11.7. The van der Waals surface area contributed by atoms with Crippen molar-refractivity contribution in [2.24, 2.45) is 0 Å². The Morgan fingerprint density at radius 2 is 1.82 bits per heavy atom. The molecule has 33 heavy (non-hydrogen) atoms. The monoisotopic (exact) mass is 476 g/mol. The zero-order chi connectivity index (χ0) is 24.2. The number of rotatable bonds is 7. The maximum Gasteiger partial charge on any atom is 0.573 e. The summed E-state index contributed by atoms with van der Waals surface area (Å²) in [7, 11) is 1.16. The van der Waals surface area contributed by atoms with Gasteiger partial charge in [-0.25, -0.2) is 9.67 Å². The fraction of sp³-hybridized carbons (Fsp3) is 0.211. The Bertz CT molecular complexity index is 1120. The molecular weight excluding hydrogens is 462 g/mol. The Morgan fingerprint density at radius 1 is 1.06 bits per heavy atom. The van der Waals surface area contributed by atoms with E-state index in [1.807, 2.05) is 0 Å². The number of ether oxygens (including phenoxy) is 3. The molecule has 0 bridgehead atoms. The quantitative estimate of drug-likeness (QED) is 0.510. The minimum atomic E-state index is -4.96. The Kier molecular flexibility index (Phi) is 6.65. The predicted molar refractivity (Wildman–Crippen MR) is 101 cm³/mol. The third-order valence-corrected chi connectivity index (χ3v) is 3.93. The Balaban J connectivity index is 1.88. The maximum atomic E-state index is 12.7. The predicted octanol–water partition coefficient (Wildman–Crippen LogP) is 4.37. The highest BCUT2D eigenvalue weighted by atomic mass is 19.4. The molecule has 0 saturated heterocycles. The summed E-state index contributed by atoms with van der Waals surface area (Å²) in [6, 6.07) is 6.55. The van der Waals surface area contributed by atoms with Gasteiger partial charge in [-0.05, 0) is 30.3 Å². The van der Waals surface area contributed by atoms with Gasteiger partial charge in [-0.2, -0.15) is 18.3 Å². The number of hydrogen-bond donors (Lipinski definition) is 1. The molecule has 0 unspecified atom stereocenters. The average Bonchev–Trinajstić information content (AvgIpc) is 3.25. The first kappa shape index (κ1) is 23.7. The van der Waals surface area contributed by atoms with Crippen LogP contribution in [0.2, 0.25) is 0 Å². The maximum absolute atomic E-state index is 12.7. The number of anilines is 1. The van der Waals surface area contributed by atoms with Crippen molar-refractivity contribution in [3.63, 3.8) is 0 Å². The van der Waals surface area contributed by atoms with Crippen LogP contribution < -0.4 is 19.5 Å². The van der Waals surface area contributed by atoms with Crippen molar-refractivity contribution in [2.45, 2.75) is 12.5 Å². The third kappa shape index (κ3) is 6.51. The van der Waals surface area contributed by atoms with E-state index in [1.54, 1.807) is 0 Å². The van der Waals surface area contributed by atoms with Gasteiger partial charge in [0.2, 0.25) is 0 Å². The lowest BCUT2D eigenvalue weighted by molar-refractivity contribution is -0.274. The highest BCUT2D eigenvalue weighted by molar-refractivity contribution is 6.05. The lowest BCUT2D eigenvalue weighted by atomic mass is 10.1. The van der Waals surface area contributed by atoms with Gasteiger partial charge in [-0.3, -0.25) is 4.79 Å². The molecule has 0 radical (unpaired) electrons. The number of methoxy groups -OCH3 is 1. The van der Waals surface area contributed by atoms with Crippen molar-refractivity contribution < 1.29 is 45.3 Å². The summed E-state index contributed by atoms with van der Waals surface area (Å²) in [5.41, 5.74) is -0.00558. The summed E-state index contributed by atoms with van der Waals surface area (Å²) in [5.74, 6) is -1.82. The number of aromatic nitrogens is 3. The molecule has 0 aliphatic heterocycles. The zero-order valence-corrected chi connectivity index (χ0v) is 16.6. The molecule has 0 aliphatic rings. The number of nitrogens with zero attached hydrogens (tertiary/aromatic N) is 3. The SMILES string of the molecule is COc1cc(C(=O)Nc2cc(OC(F)(F)F)ccc2-n2cncn2)ccc1OCC(F)(F)F. The molecule has 1 heterocycles. The van der Waals surface area contributed by atoms with Crippen molar-refractivity contribution >= 4 is 11.6 Å². The lowest BCUT2D eigenvalue weighted by Crippen LogP contribution is -2.20. The molecule has 3 rings (SSSR count). The highest BCUT2D eigenvalue weighted by Crippen LogP contribution is 2.32. The molecule has 3 aromatic rings. The van der Waals surface area contributed by atoms with Gasteiger partial charge in [0.25, 0.3) is 5.91 Å². The highest BCUT2D eigenvalue weighted by Gasteiger charge is 2.31. The average molecular weight is 476 g/mol. The van der Waals surface area contributed by atoms with Crippen molar-refractivity contribution in [1.29, 1.82) is 0 Å². The van der Waals surface area contributed by atoms with Crippen LogP contribution in [0.3, 0.4) is 0 Å². The van der Waals surface area contributed by atoms with Crippen molar-refractivity contribution in [2.75, 3.05) is 19.0 Å². The first-order valence-electron chi connectivity index (χ1n) is 8.89. The van der Waals surface area contributed by atoms with Crippen LogP contribution in [0.4, 0.5) is 32.0 Å². The molecule has 1 aromatic heterocycles. The number of halogens is 6. The Hall–Kier alpha value is -3.97. The molecule has 0 fully saturated rings. The van der Waals surface area contributed by atoms with Crippen LogP contribution in [0, 0.1) is 0 Å². The van der Waals surface area contributed by atoms with E-state index in [1.165, 1.54) is 23.4 Å². The molecule has 2 aromatic carbocycles. The smallest absolute Gasteiger partial charge is 0.493 e. The van der Waals surface area contributed by atoms with E-state index in [0.717, 1.165) is 37.4 Å². The number of carbonyl (C=O) groups excluding carboxylic acids is 1. The van der Waals surface area contributed by atoms with Crippen LogP contribution in [0.5, 0.6) is 17.2 Å². The van der Waals surface area contributed by atoms with Crippen molar-refractivity contribution in [3.8, 4) is 22.9 Å². The third-order valence-electron chi connectivity index (χ3n) is 3.93. The molecule has 0 spiro atoms. The van der Waals surface area contributed by atoms with E-state index in [9.17, 15) is 31.1 Å². The second kappa shape index (κ2) is 9.26. The summed E-state index contributed by atoms with van der Waals surface area (Å²) in [6.45, 7) is -1.57. The summed E-state index contributed by atoms with van der Waals surface area (Å²) in [4.78, 5) is 16.5. The largest absolute Gasteiger partial charge is 0.573 e. The summed E-state index contributed by atoms with van der Waals surface area (Å²) < 4.78 is 89.7. The second-order valence-corrected chi connectivity index (χ2v) is 6.29. The van der Waals surface area contributed by atoms with E-state index in [4.69, 9.17) is 4.74 Å². The van der Waals surface area contributed by atoms with Crippen LogP contribution in [-0.4, -0.2) is 46.9 Å². The van der Waals surface area contributed by atoms with Gasteiger partial charge < -0.3 is 19.5 Å². The number of amides is 1. The topological polar surface area (TPSA) is 87.5 Å². The molecular formula is C19H14F6N4O4. The molecule has 176 valence electrons. The number of alkyl halides is 6. The van der Waals surface area contributed by atoms with Crippen LogP contribution in [0.1, 0.15) is 10.4 Å². The molecule has 8 nitrogen and oxygen atoms in total. The van der Waals surface area contributed by atoms with Crippen LogP contribution >= 0.6 is 0 Å². The summed E-state index contributed by atoms with van der Waals surface area (Å²) in [6.07, 6.45) is -7.11. The molecule has 14 heteroatoms. The standard InChI is InChI=1S/C19H14F6N4O4/c1-31-16-6-11(2-5-15(16)32-8-18(20,21)22)17(30)28-13-7-12(33-19(23,24)25)3-4-14(13)29-10-26-9-27-29/h2-7,9-10H,8H2,1H3,(H,28,30). The number of hydrogen-bond acceptors (Lipinski definition) is 6. The summed E-state index contributed by atoms with van der Waals surface area (Å²) >= 11 is 0. The van der Waals surface area contributed by atoms with Crippen LogP contribution in [0.15, 0.2) is 49.1 Å². The van der Waals surface area contributed by atoms with E-state index in [0.29, 0.717) is 0 Å². The van der Waals surface area contributed by atoms with Gasteiger partial charge in [0.1, 0.15) is 18.4 Å². The van der Waals surface area contributed by atoms with Gasteiger partial charge >= 0.3 is 12.5 Å². The summed E-state index contributed by atoms with van der Waals surface area (Å²) in [5, 5.41) is 6.29. The van der Waals surface area contributed by atoms with Gasteiger partial charge in [-0.15, -0.1) is 13.2 Å². The van der Waals surface area contributed by atoms with Gasteiger partial charge in [-0.1, -0.05) is 0 Å².